The lowest BCUT2D eigenvalue weighted by molar-refractivity contribution is -0.132. The van der Waals surface area contributed by atoms with Crippen LogP contribution >= 0.6 is 12.4 Å². The van der Waals surface area contributed by atoms with Crippen LogP contribution in [-0.4, -0.2) is 67.6 Å². The lowest BCUT2D eigenvalue weighted by atomic mass is 9.98. The maximum Gasteiger partial charge on any atom is 0.260 e. The average Bonchev–Trinajstić information content (AvgIpc) is 3.10. The number of amides is 1. The van der Waals surface area contributed by atoms with E-state index in [-0.39, 0.29) is 24.9 Å². The number of ether oxygens (including phenoxy) is 1. The van der Waals surface area contributed by atoms with Gasteiger partial charge in [0.15, 0.2) is 6.61 Å². The minimum Gasteiger partial charge on any atom is -0.484 e. The largest absolute Gasteiger partial charge is 0.484 e. The number of carbonyl (C=O) groups is 1. The second-order valence-electron chi connectivity index (χ2n) is 7.53. The minimum absolute atomic E-state index is 0. The molecule has 2 heterocycles. The summed E-state index contributed by atoms with van der Waals surface area (Å²) in [6.07, 6.45) is 1.08. The Morgan fingerprint density at radius 3 is 2.65 bits per heavy atom. The summed E-state index contributed by atoms with van der Waals surface area (Å²) in [5.41, 5.74) is 2.55. The molecule has 146 valence electrons. The fraction of sp³-hybridized carbons (Fsp3) is 0.650. The normalized spacial score (nSPS) is 20.9. The summed E-state index contributed by atoms with van der Waals surface area (Å²) in [5, 5.41) is 3.38. The van der Waals surface area contributed by atoms with Crippen molar-refractivity contribution in [3.05, 3.63) is 29.3 Å². The first kappa shape index (κ1) is 21.0. The lowest BCUT2D eigenvalue weighted by Crippen LogP contribution is -2.49. The van der Waals surface area contributed by atoms with Crippen molar-refractivity contribution in [2.45, 2.75) is 39.2 Å². The predicted molar refractivity (Wildman–Crippen MR) is 107 cm³/mol. The highest BCUT2D eigenvalue weighted by atomic mass is 35.5. The summed E-state index contributed by atoms with van der Waals surface area (Å²) in [6.45, 7) is 12.6. The molecule has 0 saturated carbocycles. The molecule has 0 aliphatic carbocycles. The highest BCUT2D eigenvalue weighted by Gasteiger charge is 2.30. The van der Waals surface area contributed by atoms with Gasteiger partial charge in [-0.1, -0.05) is 19.9 Å². The number of aryl methyl sites for hydroxylation is 1. The Morgan fingerprint density at radius 2 is 2.00 bits per heavy atom. The zero-order valence-corrected chi connectivity index (χ0v) is 17.0. The summed E-state index contributed by atoms with van der Waals surface area (Å²) >= 11 is 0. The number of nitrogens with one attached hydrogen (secondary N) is 1. The number of benzene rings is 1. The quantitative estimate of drug-likeness (QED) is 0.850. The van der Waals surface area contributed by atoms with Crippen molar-refractivity contribution in [1.82, 2.24) is 15.1 Å². The molecule has 1 aromatic rings. The zero-order chi connectivity index (χ0) is 17.8. The molecule has 1 unspecified atom stereocenters. The first-order valence-electron chi connectivity index (χ1n) is 9.50. The van der Waals surface area contributed by atoms with Crippen LogP contribution in [0.3, 0.4) is 0 Å². The SMILES string of the molecule is Cc1cc(OCC(=O)N2CCC(N3CCNCC3)C2)ccc1C(C)C.Cl. The second kappa shape index (κ2) is 9.58. The number of rotatable bonds is 5. The predicted octanol–water partition coefficient (Wildman–Crippen LogP) is 2.43. The van der Waals surface area contributed by atoms with Crippen molar-refractivity contribution < 1.29 is 9.53 Å². The molecule has 1 aromatic carbocycles. The highest BCUT2D eigenvalue weighted by molar-refractivity contribution is 5.85. The van der Waals surface area contributed by atoms with Gasteiger partial charge in [-0.05, 0) is 42.5 Å². The molecular formula is C20H32ClN3O2. The molecule has 6 heteroatoms. The van der Waals surface area contributed by atoms with Gasteiger partial charge in [0, 0.05) is 45.3 Å². The van der Waals surface area contributed by atoms with Crippen LogP contribution in [0.5, 0.6) is 5.75 Å². The van der Waals surface area contributed by atoms with Crippen LogP contribution in [0.25, 0.3) is 0 Å². The van der Waals surface area contributed by atoms with Crippen molar-refractivity contribution in [1.29, 1.82) is 0 Å². The van der Waals surface area contributed by atoms with E-state index in [4.69, 9.17) is 4.74 Å². The Morgan fingerprint density at radius 1 is 1.27 bits per heavy atom. The molecule has 0 aromatic heterocycles. The van der Waals surface area contributed by atoms with Gasteiger partial charge in [0.1, 0.15) is 5.75 Å². The molecule has 1 amide bonds. The Hall–Kier alpha value is -1.30. The topological polar surface area (TPSA) is 44.8 Å². The molecule has 0 bridgehead atoms. The molecule has 1 atom stereocenters. The zero-order valence-electron chi connectivity index (χ0n) is 16.2. The van der Waals surface area contributed by atoms with Crippen molar-refractivity contribution in [3.8, 4) is 5.75 Å². The van der Waals surface area contributed by atoms with Crippen molar-refractivity contribution >= 4 is 18.3 Å². The Kier molecular flexibility index (Phi) is 7.74. The van der Waals surface area contributed by atoms with Crippen LogP contribution < -0.4 is 10.1 Å². The first-order chi connectivity index (χ1) is 12.0. The third-order valence-electron chi connectivity index (χ3n) is 5.41. The molecule has 2 aliphatic heterocycles. The first-order valence-corrected chi connectivity index (χ1v) is 9.50. The van der Waals surface area contributed by atoms with Gasteiger partial charge in [-0.2, -0.15) is 0 Å². The van der Waals surface area contributed by atoms with Crippen LogP contribution in [0, 0.1) is 6.92 Å². The summed E-state index contributed by atoms with van der Waals surface area (Å²) in [5.74, 6) is 1.39. The van der Waals surface area contributed by atoms with E-state index >= 15 is 0 Å². The van der Waals surface area contributed by atoms with E-state index in [2.05, 4.69) is 37.1 Å². The Labute approximate surface area is 163 Å². The van der Waals surface area contributed by atoms with Gasteiger partial charge >= 0.3 is 0 Å². The van der Waals surface area contributed by atoms with Crippen LogP contribution in [-0.2, 0) is 4.79 Å². The molecule has 0 spiro atoms. The van der Waals surface area contributed by atoms with E-state index in [1.165, 1.54) is 11.1 Å². The van der Waals surface area contributed by atoms with E-state index in [0.717, 1.165) is 51.4 Å². The van der Waals surface area contributed by atoms with Crippen molar-refractivity contribution in [3.63, 3.8) is 0 Å². The van der Waals surface area contributed by atoms with Crippen LogP contribution in [0.15, 0.2) is 18.2 Å². The monoisotopic (exact) mass is 381 g/mol. The minimum atomic E-state index is 0. The maximum absolute atomic E-state index is 12.5. The van der Waals surface area contributed by atoms with E-state index in [0.29, 0.717) is 12.0 Å². The van der Waals surface area contributed by atoms with Gasteiger partial charge in [-0.25, -0.2) is 0 Å². The third kappa shape index (κ3) is 5.12. The van der Waals surface area contributed by atoms with E-state index in [9.17, 15) is 4.79 Å². The summed E-state index contributed by atoms with van der Waals surface area (Å²) in [4.78, 5) is 17.0. The molecule has 26 heavy (non-hydrogen) atoms. The highest BCUT2D eigenvalue weighted by Crippen LogP contribution is 2.23. The number of piperazine rings is 1. The Bertz CT molecular complexity index is 603. The molecule has 5 nitrogen and oxygen atoms in total. The molecule has 2 aliphatic rings. The van der Waals surface area contributed by atoms with Gasteiger partial charge < -0.3 is 15.0 Å². The number of halogens is 1. The molecular weight excluding hydrogens is 350 g/mol. The third-order valence-corrected chi connectivity index (χ3v) is 5.41. The maximum atomic E-state index is 12.5. The summed E-state index contributed by atoms with van der Waals surface area (Å²) in [7, 11) is 0. The lowest BCUT2D eigenvalue weighted by Gasteiger charge is -2.32. The van der Waals surface area contributed by atoms with Gasteiger partial charge in [-0.3, -0.25) is 9.69 Å². The number of likely N-dealkylation sites (tertiary alicyclic amines) is 1. The molecule has 1 N–H and O–H groups in total. The number of hydrogen-bond donors (Lipinski definition) is 1. The number of hydrogen-bond acceptors (Lipinski definition) is 4. The fourth-order valence-corrected chi connectivity index (χ4v) is 3.94. The van der Waals surface area contributed by atoms with Gasteiger partial charge in [0.25, 0.3) is 5.91 Å². The Balaban J connectivity index is 0.00000243. The van der Waals surface area contributed by atoms with Crippen molar-refractivity contribution in [2.24, 2.45) is 0 Å². The van der Waals surface area contributed by atoms with Crippen LogP contribution in [0.4, 0.5) is 0 Å². The van der Waals surface area contributed by atoms with Crippen LogP contribution in [0.2, 0.25) is 0 Å². The van der Waals surface area contributed by atoms with Gasteiger partial charge in [0.05, 0.1) is 0 Å². The average molecular weight is 382 g/mol. The summed E-state index contributed by atoms with van der Waals surface area (Å²) in [6, 6.07) is 6.63. The molecule has 0 radical (unpaired) electrons. The fourth-order valence-electron chi connectivity index (χ4n) is 3.94. The van der Waals surface area contributed by atoms with E-state index in [1.54, 1.807) is 0 Å². The van der Waals surface area contributed by atoms with Crippen molar-refractivity contribution in [2.75, 3.05) is 45.9 Å². The number of carbonyl (C=O) groups excluding carboxylic acids is 1. The summed E-state index contributed by atoms with van der Waals surface area (Å²) < 4.78 is 5.76. The molecule has 2 saturated heterocycles. The van der Waals surface area contributed by atoms with E-state index < -0.39 is 0 Å². The smallest absolute Gasteiger partial charge is 0.260 e. The number of nitrogens with zero attached hydrogens (tertiary/aromatic N) is 2. The van der Waals surface area contributed by atoms with Gasteiger partial charge in [-0.15, -0.1) is 12.4 Å². The molecule has 3 rings (SSSR count). The standard InChI is InChI=1S/C20H31N3O2.ClH/c1-15(2)19-5-4-18(12-16(19)3)25-14-20(24)23-9-6-17(13-23)22-10-7-21-8-11-22;/h4-5,12,15,17,21H,6-11,13-14H2,1-3H3;1H. The van der Waals surface area contributed by atoms with Gasteiger partial charge in [0.2, 0.25) is 0 Å². The second-order valence-corrected chi connectivity index (χ2v) is 7.53. The van der Waals surface area contributed by atoms with E-state index in [1.807, 2.05) is 17.0 Å². The van der Waals surface area contributed by atoms with Crippen LogP contribution in [0.1, 0.15) is 37.3 Å². The molecule has 2 fully saturated rings.